The Morgan fingerprint density at radius 3 is 2.55 bits per heavy atom. The number of ether oxygens (including phenoxy) is 3. The molecule has 44 heavy (non-hydrogen) atoms. The molecule has 4 aromatic rings. The van der Waals surface area contributed by atoms with Crippen LogP contribution in [0.4, 0.5) is 0 Å². The Kier molecular flexibility index (Phi) is 10.00. The Hall–Kier alpha value is -3.37. The number of halogens is 3. The minimum absolute atomic E-state index is 0.121. The van der Waals surface area contributed by atoms with Crippen LogP contribution in [0.25, 0.3) is 6.08 Å². The average Bonchev–Trinajstić information content (AvgIpc) is 3.26. The molecule has 11 heteroatoms. The van der Waals surface area contributed by atoms with E-state index < -0.39 is 12.0 Å². The van der Waals surface area contributed by atoms with Crippen molar-refractivity contribution in [1.29, 1.82) is 0 Å². The summed E-state index contributed by atoms with van der Waals surface area (Å²) in [6, 6.07) is 17.5. The predicted molar refractivity (Wildman–Crippen MR) is 178 cm³/mol. The molecule has 0 fully saturated rings. The molecular formula is C33H29BrCl2N2O5S. The van der Waals surface area contributed by atoms with Crippen molar-refractivity contribution in [2.75, 3.05) is 6.61 Å². The number of hydrogen-bond acceptors (Lipinski definition) is 7. The van der Waals surface area contributed by atoms with Gasteiger partial charge in [0.1, 0.15) is 18.4 Å². The number of thiazole rings is 1. The summed E-state index contributed by atoms with van der Waals surface area (Å²) < 4.78 is 20.1. The molecule has 1 aliphatic rings. The fraction of sp³-hybridized carbons (Fsp3) is 0.242. The number of hydrogen-bond donors (Lipinski definition) is 0. The third-order valence-electron chi connectivity index (χ3n) is 6.71. The smallest absolute Gasteiger partial charge is 0.338 e. The molecule has 0 unspecified atom stereocenters. The maximum Gasteiger partial charge on any atom is 0.338 e. The van der Waals surface area contributed by atoms with Crippen molar-refractivity contribution in [3.05, 3.63) is 123 Å². The van der Waals surface area contributed by atoms with Crippen LogP contribution in [0, 0.1) is 0 Å². The molecule has 0 saturated carbocycles. The fourth-order valence-corrected chi connectivity index (χ4v) is 7.00. The molecule has 1 atom stereocenters. The molecule has 3 aromatic carbocycles. The average molecular weight is 716 g/mol. The van der Waals surface area contributed by atoms with Crippen molar-refractivity contribution < 1.29 is 19.0 Å². The molecule has 0 spiro atoms. The van der Waals surface area contributed by atoms with Crippen LogP contribution in [0.15, 0.2) is 86.2 Å². The SMILES string of the molecule is CCOC(=O)C1=C(C)N=c2s/c(=C/c3cc(Cl)c(OCc4ccc(Cl)cc4)c(Br)c3)c(=O)n2[C@@H]1c1ccccc1OC(C)C. The van der Waals surface area contributed by atoms with Gasteiger partial charge < -0.3 is 14.2 Å². The van der Waals surface area contributed by atoms with Crippen LogP contribution in [0.5, 0.6) is 11.5 Å². The van der Waals surface area contributed by atoms with E-state index in [2.05, 4.69) is 20.9 Å². The standard InChI is InChI=1S/C33H29BrCl2N2O5S/c1-5-41-32(40)28-19(4)37-33-38(29(28)23-8-6-7-9-26(23)43-18(2)3)31(39)27(44-33)16-21-14-24(34)30(25(36)15-21)42-17-20-10-12-22(35)13-11-20/h6-16,18,29H,5,17H2,1-4H3/b27-16+/t29-/m1/s1. The molecule has 0 amide bonds. The van der Waals surface area contributed by atoms with Gasteiger partial charge in [-0.05, 0) is 91.2 Å². The van der Waals surface area contributed by atoms with Gasteiger partial charge in [-0.1, -0.05) is 64.9 Å². The Labute approximate surface area is 277 Å². The van der Waals surface area contributed by atoms with E-state index in [-0.39, 0.29) is 18.3 Å². The zero-order valence-corrected chi connectivity index (χ0v) is 28.3. The first kappa shape index (κ1) is 32.0. The molecule has 5 rings (SSSR count). The topological polar surface area (TPSA) is 79.1 Å². The summed E-state index contributed by atoms with van der Waals surface area (Å²) in [5, 5.41) is 1.03. The van der Waals surface area contributed by atoms with Crippen LogP contribution in [0.2, 0.25) is 10.0 Å². The van der Waals surface area contributed by atoms with Crippen molar-refractivity contribution in [1.82, 2.24) is 4.57 Å². The summed E-state index contributed by atoms with van der Waals surface area (Å²) in [4.78, 5) is 32.5. The van der Waals surface area contributed by atoms with E-state index in [4.69, 9.17) is 37.4 Å². The van der Waals surface area contributed by atoms with Crippen molar-refractivity contribution in [3.63, 3.8) is 0 Å². The molecule has 228 valence electrons. The minimum atomic E-state index is -0.790. The van der Waals surface area contributed by atoms with Crippen LogP contribution in [0.3, 0.4) is 0 Å². The van der Waals surface area contributed by atoms with Crippen LogP contribution < -0.4 is 24.4 Å². The number of nitrogens with zero attached hydrogens (tertiary/aromatic N) is 2. The summed E-state index contributed by atoms with van der Waals surface area (Å²) in [6.07, 6.45) is 1.63. The van der Waals surface area contributed by atoms with E-state index in [0.29, 0.717) is 64.4 Å². The molecule has 1 aliphatic heterocycles. The van der Waals surface area contributed by atoms with E-state index >= 15 is 0 Å². The number of esters is 1. The second kappa shape index (κ2) is 13.7. The van der Waals surface area contributed by atoms with Gasteiger partial charge in [0.25, 0.3) is 5.56 Å². The molecule has 2 heterocycles. The Balaban J connectivity index is 1.58. The Bertz CT molecular complexity index is 1910. The highest BCUT2D eigenvalue weighted by Gasteiger charge is 2.35. The zero-order valence-electron chi connectivity index (χ0n) is 24.4. The van der Waals surface area contributed by atoms with Crippen molar-refractivity contribution in [2.45, 2.75) is 46.4 Å². The predicted octanol–water partition coefficient (Wildman–Crippen LogP) is 7.23. The number of benzene rings is 3. The summed E-state index contributed by atoms with van der Waals surface area (Å²) >= 11 is 17.4. The molecular weight excluding hydrogens is 687 g/mol. The fourth-order valence-electron chi connectivity index (χ4n) is 4.84. The second-order valence-electron chi connectivity index (χ2n) is 10.2. The van der Waals surface area contributed by atoms with Gasteiger partial charge in [-0.3, -0.25) is 9.36 Å². The molecule has 0 aliphatic carbocycles. The monoisotopic (exact) mass is 714 g/mol. The van der Waals surface area contributed by atoms with Gasteiger partial charge in [0.2, 0.25) is 0 Å². The van der Waals surface area contributed by atoms with E-state index in [0.717, 1.165) is 5.56 Å². The van der Waals surface area contributed by atoms with Crippen molar-refractivity contribution >= 4 is 62.5 Å². The van der Waals surface area contributed by atoms with E-state index in [1.807, 2.05) is 56.3 Å². The number of aromatic nitrogens is 1. The van der Waals surface area contributed by atoms with Crippen LogP contribution in [-0.2, 0) is 16.1 Å². The third-order valence-corrected chi connectivity index (χ3v) is 8.81. The lowest BCUT2D eigenvalue weighted by molar-refractivity contribution is -0.139. The number of allylic oxidation sites excluding steroid dienone is 1. The van der Waals surface area contributed by atoms with Crippen LogP contribution in [0.1, 0.15) is 50.4 Å². The van der Waals surface area contributed by atoms with E-state index in [1.165, 1.54) is 11.3 Å². The van der Waals surface area contributed by atoms with Gasteiger partial charge in [0, 0.05) is 10.6 Å². The van der Waals surface area contributed by atoms with Crippen molar-refractivity contribution in [3.8, 4) is 11.5 Å². The van der Waals surface area contributed by atoms with Gasteiger partial charge in [-0.15, -0.1) is 0 Å². The van der Waals surface area contributed by atoms with E-state index in [9.17, 15) is 9.59 Å². The lowest BCUT2D eigenvalue weighted by Gasteiger charge is -2.26. The maximum atomic E-state index is 14.1. The summed E-state index contributed by atoms with van der Waals surface area (Å²) in [5.41, 5.74) is 2.76. The molecule has 0 radical (unpaired) electrons. The molecule has 7 nitrogen and oxygen atoms in total. The van der Waals surface area contributed by atoms with Gasteiger partial charge in [-0.2, -0.15) is 0 Å². The van der Waals surface area contributed by atoms with E-state index in [1.54, 1.807) is 42.7 Å². The Morgan fingerprint density at radius 2 is 1.86 bits per heavy atom. The number of rotatable bonds is 9. The maximum absolute atomic E-state index is 14.1. The number of para-hydroxylation sites is 1. The lowest BCUT2D eigenvalue weighted by atomic mass is 9.95. The van der Waals surface area contributed by atoms with Gasteiger partial charge in [0.15, 0.2) is 10.6 Å². The highest BCUT2D eigenvalue weighted by molar-refractivity contribution is 9.10. The normalized spacial score (nSPS) is 14.8. The van der Waals surface area contributed by atoms with Gasteiger partial charge in [-0.25, -0.2) is 9.79 Å². The Morgan fingerprint density at radius 1 is 1.14 bits per heavy atom. The van der Waals surface area contributed by atoms with Crippen LogP contribution in [-0.4, -0.2) is 23.2 Å². The number of carbonyl (C=O) groups excluding carboxylic acids is 1. The summed E-state index contributed by atoms with van der Waals surface area (Å²) in [7, 11) is 0. The highest BCUT2D eigenvalue weighted by atomic mass is 79.9. The first-order valence-corrected chi connectivity index (χ1v) is 16.3. The molecule has 0 saturated heterocycles. The summed E-state index contributed by atoms with van der Waals surface area (Å²) in [6.45, 7) is 7.83. The molecule has 0 N–H and O–H groups in total. The van der Waals surface area contributed by atoms with Crippen LogP contribution >= 0.6 is 50.5 Å². The molecule has 1 aromatic heterocycles. The number of fused-ring (bicyclic) bond motifs is 1. The summed E-state index contributed by atoms with van der Waals surface area (Å²) in [5.74, 6) is 0.525. The lowest BCUT2D eigenvalue weighted by Crippen LogP contribution is -2.40. The second-order valence-corrected chi connectivity index (χ2v) is 12.9. The van der Waals surface area contributed by atoms with Gasteiger partial charge >= 0.3 is 5.97 Å². The highest BCUT2D eigenvalue weighted by Crippen LogP contribution is 2.37. The van der Waals surface area contributed by atoms with Gasteiger partial charge in [0.05, 0.1) is 38.0 Å². The third kappa shape index (κ3) is 6.81. The zero-order chi connectivity index (χ0) is 31.5. The first-order chi connectivity index (χ1) is 21.1. The largest absolute Gasteiger partial charge is 0.491 e. The van der Waals surface area contributed by atoms with Crippen molar-refractivity contribution in [2.24, 2.45) is 4.99 Å². The number of carbonyl (C=O) groups is 1. The minimum Gasteiger partial charge on any atom is -0.491 e. The first-order valence-electron chi connectivity index (χ1n) is 13.9. The quantitative estimate of drug-likeness (QED) is 0.171. The molecule has 0 bridgehead atoms.